The van der Waals surface area contributed by atoms with Crippen LogP contribution in [-0.2, 0) is 30.3 Å². The SMILES string of the molecule is COC(=O)NC(=O)[C@H](C)OC(=O)/C(C#N)=C/c1cc(C)n(C[C@H]2CCCO2)c1C. The zero-order chi connectivity index (χ0) is 21.6. The number of imide groups is 1. The first kappa shape index (κ1) is 22.2. The molecule has 2 amide bonds. The average Bonchev–Trinajstić information content (AvgIpc) is 3.29. The number of nitriles is 1. The first-order valence-electron chi connectivity index (χ1n) is 9.26. The molecule has 0 unspecified atom stereocenters. The maximum absolute atomic E-state index is 12.3. The molecule has 0 spiro atoms. The lowest BCUT2D eigenvalue weighted by atomic mass is 10.1. The third-order valence-electron chi connectivity index (χ3n) is 4.73. The third kappa shape index (κ3) is 5.68. The fraction of sp³-hybridized carbons (Fsp3) is 0.500. The lowest BCUT2D eigenvalue weighted by molar-refractivity contribution is -0.150. The van der Waals surface area contributed by atoms with Crippen LogP contribution in [-0.4, -0.2) is 48.5 Å². The monoisotopic (exact) mass is 403 g/mol. The van der Waals surface area contributed by atoms with E-state index in [2.05, 4.69) is 9.30 Å². The highest BCUT2D eigenvalue weighted by Crippen LogP contribution is 2.22. The molecule has 0 saturated carbocycles. The van der Waals surface area contributed by atoms with Gasteiger partial charge < -0.3 is 18.8 Å². The van der Waals surface area contributed by atoms with E-state index in [0.29, 0.717) is 12.1 Å². The molecule has 0 radical (unpaired) electrons. The number of methoxy groups -OCH3 is 1. The Labute approximate surface area is 169 Å². The summed E-state index contributed by atoms with van der Waals surface area (Å²) in [5, 5.41) is 11.3. The second-order valence-electron chi connectivity index (χ2n) is 6.77. The highest BCUT2D eigenvalue weighted by molar-refractivity contribution is 6.00. The number of amides is 2. The van der Waals surface area contributed by atoms with Gasteiger partial charge in [0, 0.05) is 24.5 Å². The molecule has 1 aromatic heterocycles. The number of aromatic nitrogens is 1. The van der Waals surface area contributed by atoms with Crippen LogP contribution in [0, 0.1) is 25.2 Å². The van der Waals surface area contributed by atoms with Crippen molar-refractivity contribution in [1.29, 1.82) is 5.26 Å². The maximum atomic E-state index is 12.3. The van der Waals surface area contributed by atoms with Crippen molar-refractivity contribution in [2.45, 2.75) is 52.4 Å². The molecule has 1 saturated heterocycles. The number of alkyl carbamates (subject to hydrolysis) is 1. The minimum Gasteiger partial charge on any atom is -0.453 e. The molecule has 0 aromatic carbocycles. The predicted molar refractivity (Wildman–Crippen MR) is 103 cm³/mol. The Hall–Kier alpha value is -3.12. The maximum Gasteiger partial charge on any atom is 0.413 e. The fourth-order valence-electron chi connectivity index (χ4n) is 3.07. The number of carbonyl (C=O) groups is 3. The van der Waals surface area contributed by atoms with Gasteiger partial charge in [0.15, 0.2) is 6.10 Å². The summed E-state index contributed by atoms with van der Waals surface area (Å²) >= 11 is 0. The van der Waals surface area contributed by atoms with Crippen molar-refractivity contribution in [2.75, 3.05) is 13.7 Å². The van der Waals surface area contributed by atoms with Crippen LogP contribution >= 0.6 is 0 Å². The van der Waals surface area contributed by atoms with E-state index in [-0.39, 0.29) is 11.7 Å². The van der Waals surface area contributed by atoms with Gasteiger partial charge >= 0.3 is 12.1 Å². The van der Waals surface area contributed by atoms with Crippen LogP contribution in [0.15, 0.2) is 11.6 Å². The Balaban J connectivity index is 2.12. The van der Waals surface area contributed by atoms with Crippen LogP contribution in [0.2, 0.25) is 0 Å². The third-order valence-corrected chi connectivity index (χ3v) is 4.73. The van der Waals surface area contributed by atoms with Crippen LogP contribution in [0.5, 0.6) is 0 Å². The van der Waals surface area contributed by atoms with E-state index in [1.807, 2.05) is 25.2 Å². The van der Waals surface area contributed by atoms with E-state index in [1.165, 1.54) is 13.0 Å². The lowest BCUT2D eigenvalue weighted by Crippen LogP contribution is -2.39. The summed E-state index contributed by atoms with van der Waals surface area (Å²) < 4.78 is 17.1. The molecule has 1 aliphatic rings. The summed E-state index contributed by atoms with van der Waals surface area (Å²) in [5.74, 6) is -1.80. The van der Waals surface area contributed by atoms with E-state index in [0.717, 1.165) is 37.9 Å². The van der Waals surface area contributed by atoms with Crippen molar-refractivity contribution in [3.8, 4) is 6.07 Å². The molecular weight excluding hydrogens is 378 g/mol. The molecular formula is C20H25N3O6. The van der Waals surface area contributed by atoms with Crippen molar-refractivity contribution >= 4 is 24.0 Å². The molecule has 9 heteroatoms. The quantitative estimate of drug-likeness (QED) is 0.438. The highest BCUT2D eigenvalue weighted by atomic mass is 16.6. The average molecular weight is 403 g/mol. The number of ether oxygens (including phenoxy) is 3. The zero-order valence-corrected chi connectivity index (χ0v) is 17.0. The number of hydrogen-bond donors (Lipinski definition) is 1. The predicted octanol–water partition coefficient (Wildman–Crippen LogP) is 2.01. The summed E-state index contributed by atoms with van der Waals surface area (Å²) in [6.45, 7) is 6.62. The summed E-state index contributed by atoms with van der Waals surface area (Å²) in [4.78, 5) is 35.1. The fourth-order valence-corrected chi connectivity index (χ4v) is 3.07. The molecule has 0 bridgehead atoms. The topological polar surface area (TPSA) is 120 Å². The van der Waals surface area contributed by atoms with Gasteiger partial charge in [-0.3, -0.25) is 10.1 Å². The van der Waals surface area contributed by atoms with Gasteiger partial charge in [-0.2, -0.15) is 5.26 Å². The van der Waals surface area contributed by atoms with Gasteiger partial charge in [-0.05, 0) is 51.3 Å². The van der Waals surface area contributed by atoms with Gasteiger partial charge in [0.25, 0.3) is 5.91 Å². The Morgan fingerprint density at radius 3 is 2.76 bits per heavy atom. The second kappa shape index (κ2) is 9.89. The minimum atomic E-state index is -1.27. The number of esters is 1. The van der Waals surface area contributed by atoms with Crippen molar-refractivity contribution in [2.24, 2.45) is 0 Å². The van der Waals surface area contributed by atoms with Gasteiger partial charge in [0.2, 0.25) is 0 Å². The van der Waals surface area contributed by atoms with Crippen LogP contribution in [0.3, 0.4) is 0 Å². The Bertz CT molecular complexity index is 858. The smallest absolute Gasteiger partial charge is 0.413 e. The second-order valence-corrected chi connectivity index (χ2v) is 6.77. The van der Waals surface area contributed by atoms with Crippen LogP contribution < -0.4 is 5.32 Å². The minimum absolute atomic E-state index is 0.159. The first-order valence-corrected chi connectivity index (χ1v) is 9.26. The summed E-state index contributed by atoms with van der Waals surface area (Å²) in [6, 6.07) is 3.68. The molecule has 2 rings (SSSR count). The summed E-state index contributed by atoms with van der Waals surface area (Å²) in [5.41, 5.74) is 2.34. The van der Waals surface area contributed by atoms with Crippen molar-refractivity contribution in [3.63, 3.8) is 0 Å². The molecule has 9 nitrogen and oxygen atoms in total. The number of carbonyl (C=O) groups excluding carboxylic acids is 3. The molecule has 1 fully saturated rings. The highest BCUT2D eigenvalue weighted by Gasteiger charge is 2.23. The molecule has 2 heterocycles. The summed E-state index contributed by atoms with van der Waals surface area (Å²) in [7, 11) is 1.10. The first-order chi connectivity index (χ1) is 13.8. The summed E-state index contributed by atoms with van der Waals surface area (Å²) in [6.07, 6.45) is 1.40. The van der Waals surface area contributed by atoms with Gasteiger partial charge in [0.1, 0.15) is 11.6 Å². The molecule has 2 atom stereocenters. The number of rotatable bonds is 6. The molecule has 0 aliphatic carbocycles. The van der Waals surface area contributed by atoms with Gasteiger partial charge in [0.05, 0.1) is 13.2 Å². The number of hydrogen-bond acceptors (Lipinski definition) is 7. The van der Waals surface area contributed by atoms with Gasteiger partial charge in [-0.1, -0.05) is 0 Å². The Kier molecular flexibility index (Phi) is 7.56. The Morgan fingerprint density at radius 1 is 1.45 bits per heavy atom. The van der Waals surface area contributed by atoms with Crippen molar-refractivity contribution < 1.29 is 28.6 Å². The standard InChI is InChI=1S/C20H25N3O6/c1-12-8-15(13(2)23(12)11-17-6-5-7-28-17)9-16(10-21)19(25)29-14(3)18(24)22-20(26)27-4/h8-9,14,17H,5-7,11H2,1-4H3,(H,22,24,26)/b16-9+/t14-,17+/m0/s1. The number of nitrogens with one attached hydrogen (secondary N) is 1. The number of aryl methyl sites for hydroxylation is 1. The van der Waals surface area contributed by atoms with E-state index in [9.17, 15) is 19.6 Å². The van der Waals surface area contributed by atoms with E-state index < -0.39 is 24.1 Å². The normalized spacial score (nSPS) is 17.3. The van der Waals surface area contributed by atoms with Crippen molar-refractivity contribution in [1.82, 2.24) is 9.88 Å². The molecule has 156 valence electrons. The van der Waals surface area contributed by atoms with Crippen LogP contribution in [0.1, 0.15) is 36.7 Å². The van der Waals surface area contributed by atoms with E-state index >= 15 is 0 Å². The van der Waals surface area contributed by atoms with E-state index in [4.69, 9.17) is 9.47 Å². The Morgan fingerprint density at radius 2 is 2.17 bits per heavy atom. The molecule has 1 N–H and O–H groups in total. The molecule has 29 heavy (non-hydrogen) atoms. The lowest BCUT2D eigenvalue weighted by Gasteiger charge is -2.14. The van der Waals surface area contributed by atoms with Crippen LogP contribution in [0.4, 0.5) is 4.79 Å². The number of nitrogens with zero attached hydrogens (tertiary/aromatic N) is 2. The van der Waals surface area contributed by atoms with E-state index in [1.54, 1.807) is 6.07 Å². The van der Waals surface area contributed by atoms with Crippen LogP contribution in [0.25, 0.3) is 6.08 Å². The largest absolute Gasteiger partial charge is 0.453 e. The molecule has 1 aliphatic heterocycles. The zero-order valence-electron chi connectivity index (χ0n) is 17.0. The molecule has 1 aromatic rings. The van der Waals surface area contributed by atoms with Gasteiger partial charge in [-0.15, -0.1) is 0 Å². The van der Waals surface area contributed by atoms with Crippen molar-refractivity contribution in [3.05, 3.63) is 28.6 Å². The van der Waals surface area contributed by atoms with Gasteiger partial charge in [-0.25, -0.2) is 9.59 Å².